The number of benzene rings is 2. The molecule has 0 aliphatic heterocycles. The second kappa shape index (κ2) is 5.61. The molecule has 0 saturated carbocycles. The third kappa shape index (κ3) is 2.66. The quantitative estimate of drug-likeness (QED) is 0.676. The minimum absolute atomic E-state index is 0.0176. The van der Waals surface area contributed by atoms with Crippen LogP contribution in [0.1, 0.15) is 11.1 Å². The van der Waals surface area contributed by atoms with Crippen LogP contribution in [0.5, 0.6) is 0 Å². The first-order valence-electron chi connectivity index (χ1n) is 6.21. The molecule has 0 unspecified atom stereocenters. The van der Waals surface area contributed by atoms with Crippen LogP contribution in [0.4, 0.5) is 0 Å². The summed E-state index contributed by atoms with van der Waals surface area (Å²) in [5, 5.41) is 1.75. The van der Waals surface area contributed by atoms with Gasteiger partial charge in [-0.1, -0.05) is 36.4 Å². The molecular formula is C16H16O3S. The molecule has 3 nitrogen and oxygen atoms in total. The Labute approximate surface area is 119 Å². The van der Waals surface area contributed by atoms with Crippen LogP contribution in [-0.2, 0) is 23.0 Å². The monoisotopic (exact) mass is 288 g/mol. The highest BCUT2D eigenvalue weighted by molar-refractivity contribution is 7.86. The summed E-state index contributed by atoms with van der Waals surface area (Å²) in [5.74, 6) is 0. The molecule has 2 aromatic carbocycles. The van der Waals surface area contributed by atoms with Crippen molar-refractivity contribution in [3.05, 3.63) is 66.8 Å². The van der Waals surface area contributed by atoms with Crippen LogP contribution in [0.2, 0.25) is 0 Å². The van der Waals surface area contributed by atoms with Gasteiger partial charge in [-0.25, -0.2) is 0 Å². The first-order valence-corrected chi connectivity index (χ1v) is 7.65. The van der Waals surface area contributed by atoms with Gasteiger partial charge in [0, 0.05) is 0 Å². The van der Waals surface area contributed by atoms with Gasteiger partial charge in [0.05, 0.1) is 0 Å². The van der Waals surface area contributed by atoms with Crippen molar-refractivity contribution >= 4 is 20.9 Å². The van der Waals surface area contributed by atoms with Gasteiger partial charge in [0.2, 0.25) is 0 Å². The fourth-order valence-electron chi connectivity index (χ4n) is 2.44. The van der Waals surface area contributed by atoms with E-state index in [-0.39, 0.29) is 4.90 Å². The molecule has 1 N–H and O–H groups in total. The Bertz CT molecular complexity index is 774. The minimum Gasteiger partial charge on any atom is -0.282 e. The molecule has 0 radical (unpaired) electrons. The molecule has 0 bridgehead atoms. The topological polar surface area (TPSA) is 54.4 Å². The summed E-state index contributed by atoms with van der Waals surface area (Å²) in [6, 6.07) is 9.29. The molecule has 0 amide bonds. The Kier molecular flexibility index (Phi) is 4.06. The van der Waals surface area contributed by atoms with Gasteiger partial charge in [-0.3, -0.25) is 4.55 Å². The van der Waals surface area contributed by atoms with E-state index in [9.17, 15) is 13.0 Å². The summed E-state index contributed by atoms with van der Waals surface area (Å²) in [4.78, 5) is -0.0176. The molecule has 0 aliphatic rings. The van der Waals surface area contributed by atoms with Crippen LogP contribution in [-0.4, -0.2) is 13.0 Å². The highest BCUT2D eigenvalue weighted by Gasteiger charge is 2.21. The minimum atomic E-state index is -4.30. The Hall–Kier alpha value is -1.91. The summed E-state index contributed by atoms with van der Waals surface area (Å²) in [6.45, 7) is 7.30. The fourth-order valence-corrected chi connectivity index (χ4v) is 3.42. The summed E-state index contributed by atoms with van der Waals surface area (Å²) in [6.07, 6.45) is 4.01. The summed E-state index contributed by atoms with van der Waals surface area (Å²) < 4.78 is 33.1. The lowest BCUT2D eigenvalue weighted by Crippen LogP contribution is -2.08. The molecule has 0 spiro atoms. The zero-order valence-corrected chi connectivity index (χ0v) is 11.9. The number of hydrogen-bond donors (Lipinski definition) is 1. The van der Waals surface area contributed by atoms with E-state index < -0.39 is 10.1 Å². The highest BCUT2D eigenvalue weighted by Crippen LogP contribution is 2.30. The van der Waals surface area contributed by atoms with E-state index >= 15 is 0 Å². The predicted molar refractivity (Wildman–Crippen MR) is 81.6 cm³/mol. The van der Waals surface area contributed by atoms with Crippen LogP contribution in [0.15, 0.2) is 60.5 Å². The number of hydrogen-bond acceptors (Lipinski definition) is 2. The number of rotatable bonds is 5. The van der Waals surface area contributed by atoms with Crippen molar-refractivity contribution < 1.29 is 13.0 Å². The smallest absolute Gasteiger partial charge is 0.282 e. The average Bonchev–Trinajstić information content (AvgIpc) is 2.38. The SMILES string of the molecule is C=CCc1cc2ccccc2c(CC=C)c1S(=O)(=O)O. The maximum absolute atomic E-state index is 11.8. The number of allylic oxidation sites excluding steroid dienone is 2. The molecule has 0 fully saturated rings. The fraction of sp³-hybridized carbons (Fsp3) is 0.125. The van der Waals surface area contributed by atoms with Gasteiger partial charge in [0.15, 0.2) is 0 Å². The Balaban J connectivity index is 2.96. The zero-order chi connectivity index (χ0) is 14.8. The third-order valence-corrected chi connectivity index (χ3v) is 4.18. The normalized spacial score (nSPS) is 11.4. The lowest BCUT2D eigenvalue weighted by atomic mass is 9.97. The largest absolute Gasteiger partial charge is 0.295 e. The molecule has 0 saturated heterocycles. The zero-order valence-electron chi connectivity index (χ0n) is 11.0. The molecule has 20 heavy (non-hydrogen) atoms. The van der Waals surface area contributed by atoms with Gasteiger partial charge in [0.25, 0.3) is 10.1 Å². The van der Waals surface area contributed by atoms with Crippen molar-refractivity contribution in [1.29, 1.82) is 0 Å². The van der Waals surface area contributed by atoms with Crippen molar-refractivity contribution in [3.8, 4) is 0 Å². The molecule has 2 aromatic rings. The maximum atomic E-state index is 11.8. The molecule has 0 atom stereocenters. The van der Waals surface area contributed by atoms with E-state index in [1.165, 1.54) is 0 Å². The van der Waals surface area contributed by atoms with Crippen molar-refractivity contribution in [2.75, 3.05) is 0 Å². The second-order valence-corrected chi connectivity index (χ2v) is 5.88. The van der Waals surface area contributed by atoms with E-state index in [0.717, 1.165) is 10.8 Å². The molecule has 0 aliphatic carbocycles. The lowest BCUT2D eigenvalue weighted by molar-refractivity contribution is 0.481. The summed E-state index contributed by atoms with van der Waals surface area (Å²) in [5.41, 5.74) is 1.13. The van der Waals surface area contributed by atoms with E-state index in [1.54, 1.807) is 18.2 Å². The Morgan fingerprint density at radius 1 is 1.10 bits per heavy atom. The molecule has 104 valence electrons. The van der Waals surface area contributed by atoms with E-state index in [4.69, 9.17) is 0 Å². The van der Waals surface area contributed by atoms with Crippen molar-refractivity contribution in [1.82, 2.24) is 0 Å². The van der Waals surface area contributed by atoms with Crippen molar-refractivity contribution in [2.45, 2.75) is 17.7 Å². The van der Waals surface area contributed by atoms with Crippen LogP contribution in [0.25, 0.3) is 10.8 Å². The predicted octanol–water partition coefficient (Wildman–Crippen LogP) is 3.54. The van der Waals surface area contributed by atoms with Crippen LogP contribution >= 0.6 is 0 Å². The molecule has 4 heteroatoms. The van der Waals surface area contributed by atoms with E-state index in [1.807, 2.05) is 24.3 Å². The molecule has 0 heterocycles. The Morgan fingerprint density at radius 2 is 1.75 bits per heavy atom. The first kappa shape index (κ1) is 14.5. The first-order chi connectivity index (χ1) is 9.49. The summed E-state index contributed by atoms with van der Waals surface area (Å²) >= 11 is 0. The van der Waals surface area contributed by atoms with E-state index in [0.29, 0.717) is 24.0 Å². The standard InChI is InChI=1S/C16H16O3S/c1-3-7-13-11-12-9-5-6-10-14(12)15(8-4-2)16(13)20(17,18)19/h3-6,9-11H,1-2,7-8H2,(H,17,18,19). The lowest BCUT2D eigenvalue weighted by Gasteiger charge is -2.14. The van der Waals surface area contributed by atoms with Gasteiger partial charge < -0.3 is 0 Å². The highest BCUT2D eigenvalue weighted by atomic mass is 32.2. The van der Waals surface area contributed by atoms with Gasteiger partial charge in [-0.15, -0.1) is 13.2 Å². The average molecular weight is 288 g/mol. The van der Waals surface area contributed by atoms with Crippen LogP contribution < -0.4 is 0 Å². The Morgan fingerprint density at radius 3 is 2.35 bits per heavy atom. The van der Waals surface area contributed by atoms with E-state index in [2.05, 4.69) is 13.2 Å². The van der Waals surface area contributed by atoms with Gasteiger partial charge in [-0.2, -0.15) is 8.42 Å². The molecule has 0 aromatic heterocycles. The maximum Gasteiger partial charge on any atom is 0.295 e. The summed E-state index contributed by atoms with van der Waals surface area (Å²) in [7, 11) is -4.30. The molecule has 2 rings (SSSR count). The third-order valence-electron chi connectivity index (χ3n) is 3.15. The molecular weight excluding hydrogens is 272 g/mol. The number of fused-ring (bicyclic) bond motifs is 1. The van der Waals surface area contributed by atoms with Gasteiger partial charge in [-0.05, 0) is 40.8 Å². The van der Waals surface area contributed by atoms with Crippen LogP contribution in [0, 0.1) is 0 Å². The van der Waals surface area contributed by atoms with Gasteiger partial charge in [0.1, 0.15) is 4.90 Å². The van der Waals surface area contributed by atoms with Crippen LogP contribution in [0.3, 0.4) is 0 Å². The van der Waals surface area contributed by atoms with Gasteiger partial charge >= 0.3 is 0 Å². The van der Waals surface area contributed by atoms with Crippen molar-refractivity contribution in [2.24, 2.45) is 0 Å². The van der Waals surface area contributed by atoms with Crippen molar-refractivity contribution in [3.63, 3.8) is 0 Å². The second-order valence-electron chi connectivity index (χ2n) is 4.53.